The van der Waals surface area contributed by atoms with E-state index in [9.17, 15) is 4.79 Å². The molecule has 2 N–H and O–H groups in total. The molecule has 7 nitrogen and oxygen atoms in total. The van der Waals surface area contributed by atoms with Crippen molar-refractivity contribution in [2.24, 2.45) is 0 Å². The summed E-state index contributed by atoms with van der Waals surface area (Å²) >= 11 is 14.1. The third-order valence-corrected chi connectivity index (χ3v) is 6.69. The first-order valence-electron chi connectivity index (χ1n) is 10.7. The van der Waals surface area contributed by atoms with Crippen molar-refractivity contribution in [3.63, 3.8) is 0 Å². The number of anilines is 1. The molecular formula is C25H23Cl2N5O2S. The van der Waals surface area contributed by atoms with E-state index in [-0.39, 0.29) is 12.6 Å². The maximum atomic E-state index is 12.5. The lowest BCUT2D eigenvalue weighted by Gasteiger charge is -2.13. The Hall–Kier alpha value is -3.20. The number of benzene rings is 3. The zero-order valence-electron chi connectivity index (χ0n) is 19.1. The minimum Gasteiger partial charge on any atom is -0.497 e. The van der Waals surface area contributed by atoms with Gasteiger partial charge in [0.15, 0.2) is 11.0 Å². The number of ether oxygens (including phenoxy) is 1. The van der Waals surface area contributed by atoms with Crippen molar-refractivity contribution < 1.29 is 9.53 Å². The molecule has 0 saturated carbocycles. The smallest absolute Gasteiger partial charge is 0.319 e. The van der Waals surface area contributed by atoms with Crippen LogP contribution in [0.3, 0.4) is 0 Å². The molecule has 0 radical (unpaired) electrons. The minimum atomic E-state index is -0.346. The van der Waals surface area contributed by atoms with Gasteiger partial charge in [0.2, 0.25) is 0 Å². The number of rotatable bonds is 8. The Kier molecular flexibility index (Phi) is 8.17. The average molecular weight is 528 g/mol. The molecule has 4 aromatic rings. The topological polar surface area (TPSA) is 81.1 Å². The Labute approximate surface area is 217 Å². The van der Waals surface area contributed by atoms with Gasteiger partial charge < -0.3 is 15.4 Å². The van der Waals surface area contributed by atoms with E-state index in [4.69, 9.17) is 27.9 Å². The zero-order valence-corrected chi connectivity index (χ0v) is 21.4. The molecular weight excluding hydrogens is 505 g/mol. The fraction of sp³-hybridized carbons (Fsp3) is 0.160. The Morgan fingerprint density at radius 3 is 2.66 bits per heavy atom. The van der Waals surface area contributed by atoms with Crippen LogP contribution in [-0.2, 0) is 12.3 Å². The fourth-order valence-electron chi connectivity index (χ4n) is 3.36. The summed E-state index contributed by atoms with van der Waals surface area (Å²) in [6.07, 6.45) is 0. The fourth-order valence-corrected chi connectivity index (χ4v) is 4.76. The zero-order chi connectivity index (χ0) is 24.8. The van der Waals surface area contributed by atoms with Gasteiger partial charge in [-0.15, -0.1) is 10.2 Å². The van der Waals surface area contributed by atoms with Gasteiger partial charge in [-0.2, -0.15) is 0 Å². The molecule has 0 saturated heterocycles. The number of carbonyl (C=O) groups is 1. The van der Waals surface area contributed by atoms with Gasteiger partial charge in [-0.05, 0) is 54.4 Å². The molecule has 3 aromatic carbocycles. The second kappa shape index (κ2) is 11.5. The number of thioether (sulfide) groups is 1. The highest BCUT2D eigenvalue weighted by molar-refractivity contribution is 7.98. The third-order valence-electron chi connectivity index (χ3n) is 5.15. The average Bonchev–Trinajstić information content (AvgIpc) is 3.25. The molecule has 0 aliphatic heterocycles. The number of carbonyl (C=O) groups excluding carboxylic acids is 1. The summed E-state index contributed by atoms with van der Waals surface area (Å²) in [5.74, 6) is 1.96. The summed E-state index contributed by atoms with van der Waals surface area (Å²) in [7, 11) is 1.64. The number of amides is 2. The van der Waals surface area contributed by atoms with Crippen molar-refractivity contribution in [1.29, 1.82) is 0 Å². The first kappa shape index (κ1) is 24.9. The van der Waals surface area contributed by atoms with Crippen LogP contribution in [0.1, 0.15) is 17.0 Å². The monoisotopic (exact) mass is 527 g/mol. The number of methoxy groups -OCH3 is 1. The van der Waals surface area contributed by atoms with Crippen LogP contribution in [0.15, 0.2) is 71.9 Å². The molecule has 0 fully saturated rings. The highest BCUT2D eigenvalue weighted by atomic mass is 35.5. The maximum Gasteiger partial charge on any atom is 0.319 e. The van der Waals surface area contributed by atoms with Crippen LogP contribution in [0.4, 0.5) is 10.5 Å². The normalized spacial score (nSPS) is 10.7. The van der Waals surface area contributed by atoms with Crippen molar-refractivity contribution in [2.45, 2.75) is 24.4 Å². The van der Waals surface area contributed by atoms with Crippen LogP contribution in [0, 0.1) is 6.92 Å². The van der Waals surface area contributed by atoms with Gasteiger partial charge in [0.25, 0.3) is 0 Å². The number of nitrogens with zero attached hydrogens (tertiary/aromatic N) is 3. The van der Waals surface area contributed by atoms with Crippen LogP contribution in [0.25, 0.3) is 5.69 Å². The number of urea groups is 1. The minimum absolute atomic E-state index is 0.142. The molecule has 180 valence electrons. The molecule has 0 atom stereocenters. The van der Waals surface area contributed by atoms with E-state index < -0.39 is 0 Å². The van der Waals surface area contributed by atoms with Crippen LogP contribution in [0.2, 0.25) is 10.0 Å². The standard InChI is InChI=1S/C25H23Cl2N5O2S/c1-16-6-3-4-9-21(16)29-24(33)28-14-23-30-31-25(32(23)22-11-10-18(26)13-20(22)27)35-15-17-7-5-8-19(12-17)34-2/h3-13H,14-15H2,1-2H3,(H2,28,29,33). The summed E-state index contributed by atoms with van der Waals surface area (Å²) in [4.78, 5) is 12.5. The van der Waals surface area contributed by atoms with E-state index in [0.717, 1.165) is 22.6 Å². The summed E-state index contributed by atoms with van der Waals surface area (Å²) in [6.45, 7) is 2.07. The van der Waals surface area contributed by atoms with Gasteiger partial charge in [-0.3, -0.25) is 4.57 Å². The summed E-state index contributed by atoms with van der Waals surface area (Å²) in [5, 5.41) is 16.0. The number of para-hydroxylation sites is 1. The van der Waals surface area contributed by atoms with E-state index in [1.807, 2.05) is 60.0 Å². The third kappa shape index (κ3) is 6.28. The van der Waals surface area contributed by atoms with Gasteiger partial charge in [-0.25, -0.2) is 4.79 Å². The Balaban J connectivity index is 1.56. The van der Waals surface area contributed by atoms with E-state index in [0.29, 0.717) is 32.5 Å². The molecule has 1 aromatic heterocycles. The van der Waals surface area contributed by atoms with Gasteiger partial charge in [0.05, 0.1) is 24.4 Å². The van der Waals surface area contributed by atoms with Gasteiger partial charge >= 0.3 is 6.03 Å². The predicted molar refractivity (Wildman–Crippen MR) is 141 cm³/mol. The summed E-state index contributed by atoms with van der Waals surface area (Å²) < 4.78 is 7.15. The van der Waals surface area contributed by atoms with E-state index >= 15 is 0 Å². The number of hydrogen-bond acceptors (Lipinski definition) is 5. The highest BCUT2D eigenvalue weighted by Crippen LogP contribution is 2.31. The molecule has 2 amide bonds. The number of aryl methyl sites for hydroxylation is 1. The molecule has 0 unspecified atom stereocenters. The second-order valence-corrected chi connectivity index (χ2v) is 9.38. The van der Waals surface area contributed by atoms with E-state index in [2.05, 4.69) is 20.8 Å². The maximum absolute atomic E-state index is 12.5. The lowest BCUT2D eigenvalue weighted by atomic mass is 10.2. The molecule has 0 aliphatic carbocycles. The molecule has 0 spiro atoms. The Morgan fingerprint density at radius 1 is 1.06 bits per heavy atom. The van der Waals surface area contributed by atoms with E-state index in [1.54, 1.807) is 25.3 Å². The molecule has 1 heterocycles. The Morgan fingerprint density at radius 2 is 1.89 bits per heavy atom. The van der Waals surface area contributed by atoms with Crippen LogP contribution in [0.5, 0.6) is 5.75 Å². The highest BCUT2D eigenvalue weighted by Gasteiger charge is 2.18. The molecule has 4 rings (SSSR count). The first-order chi connectivity index (χ1) is 16.9. The van der Waals surface area contributed by atoms with Crippen LogP contribution in [-0.4, -0.2) is 27.9 Å². The second-order valence-electron chi connectivity index (χ2n) is 7.59. The first-order valence-corrected chi connectivity index (χ1v) is 12.4. The van der Waals surface area contributed by atoms with Crippen molar-refractivity contribution in [3.05, 3.63) is 93.7 Å². The van der Waals surface area contributed by atoms with Crippen molar-refractivity contribution in [2.75, 3.05) is 12.4 Å². The summed E-state index contributed by atoms with van der Waals surface area (Å²) in [6, 6.07) is 20.3. The Bertz CT molecular complexity index is 1350. The molecule has 0 bridgehead atoms. The van der Waals surface area contributed by atoms with E-state index in [1.165, 1.54) is 11.8 Å². The quantitative estimate of drug-likeness (QED) is 0.255. The number of halogens is 2. The summed E-state index contributed by atoms with van der Waals surface area (Å²) in [5.41, 5.74) is 3.45. The number of hydrogen-bond donors (Lipinski definition) is 2. The van der Waals surface area contributed by atoms with Gasteiger partial charge in [-0.1, -0.05) is 65.3 Å². The largest absolute Gasteiger partial charge is 0.497 e. The van der Waals surface area contributed by atoms with Crippen molar-refractivity contribution in [1.82, 2.24) is 20.1 Å². The molecule has 35 heavy (non-hydrogen) atoms. The van der Waals surface area contributed by atoms with Gasteiger partial charge in [0, 0.05) is 16.5 Å². The molecule has 0 aliphatic rings. The van der Waals surface area contributed by atoms with Crippen molar-refractivity contribution >= 4 is 46.7 Å². The lowest BCUT2D eigenvalue weighted by molar-refractivity contribution is 0.251. The SMILES string of the molecule is COc1cccc(CSc2nnc(CNC(=O)Nc3ccccc3C)n2-c2ccc(Cl)cc2Cl)c1. The predicted octanol–water partition coefficient (Wildman–Crippen LogP) is 6.51. The van der Waals surface area contributed by atoms with Gasteiger partial charge in [0.1, 0.15) is 5.75 Å². The van der Waals surface area contributed by atoms with Crippen LogP contribution >= 0.6 is 35.0 Å². The van der Waals surface area contributed by atoms with Crippen molar-refractivity contribution in [3.8, 4) is 11.4 Å². The number of aromatic nitrogens is 3. The molecule has 10 heteroatoms. The van der Waals surface area contributed by atoms with Crippen LogP contribution < -0.4 is 15.4 Å². The lowest BCUT2D eigenvalue weighted by Crippen LogP contribution is -2.29. The number of nitrogens with one attached hydrogen (secondary N) is 2.